The van der Waals surface area contributed by atoms with E-state index in [1.54, 1.807) is 26.4 Å². The van der Waals surface area contributed by atoms with E-state index < -0.39 is 5.97 Å². The predicted octanol–water partition coefficient (Wildman–Crippen LogP) is 4.12. The molecule has 3 rings (SSSR count). The molecule has 0 aliphatic carbocycles. The Morgan fingerprint density at radius 3 is 2.48 bits per heavy atom. The van der Waals surface area contributed by atoms with Crippen LogP contribution in [0.2, 0.25) is 0 Å². The maximum absolute atomic E-state index is 12.1. The average Bonchev–Trinajstić information content (AvgIpc) is 2.95. The molecule has 0 saturated heterocycles. The summed E-state index contributed by atoms with van der Waals surface area (Å²) in [7, 11) is 3.12. The second-order valence-electron chi connectivity index (χ2n) is 5.44. The summed E-state index contributed by atoms with van der Waals surface area (Å²) in [4.78, 5) is 16.4. The molecular formula is C19H16BrNO4. The zero-order valence-electron chi connectivity index (χ0n) is 14.0. The Bertz CT molecular complexity index is 885. The quantitative estimate of drug-likeness (QED) is 0.571. The molecule has 0 atom stereocenters. The first kappa shape index (κ1) is 17.2. The maximum atomic E-state index is 12.1. The van der Waals surface area contributed by atoms with E-state index >= 15 is 0 Å². The monoisotopic (exact) mass is 401 g/mol. The number of methoxy groups -OCH3 is 2. The number of aryl methyl sites for hydroxylation is 1. The van der Waals surface area contributed by atoms with Gasteiger partial charge in [0.1, 0.15) is 0 Å². The number of nitrogens with zero attached hydrogens (tertiary/aromatic N) is 1. The number of rotatable bonds is 4. The fourth-order valence-electron chi connectivity index (χ4n) is 2.41. The van der Waals surface area contributed by atoms with Crippen molar-refractivity contribution < 1.29 is 19.0 Å². The molecule has 0 bridgehead atoms. The summed E-state index contributed by atoms with van der Waals surface area (Å²) in [5.74, 6) is 0.956. The third-order valence-electron chi connectivity index (χ3n) is 3.68. The van der Waals surface area contributed by atoms with E-state index in [0.717, 1.165) is 21.2 Å². The Morgan fingerprint density at radius 2 is 1.84 bits per heavy atom. The van der Waals surface area contributed by atoms with Crippen molar-refractivity contribution >= 4 is 33.9 Å². The minimum atomic E-state index is -0.485. The van der Waals surface area contributed by atoms with Gasteiger partial charge in [0.05, 0.1) is 18.7 Å². The van der Waals surface area contributed by atoms with Gasteiger partial charge in [-0.05, 0) is 58.8 Å². The molecule has 0 radical (unpaired) electrons. The van der Waals surface area contributed by atoms with Gasteiger partial charge in [0.25, 0.3) is 0 Å². The summed E-state index contributed by atoms with van der Waals surface area (Å²) >= 11 is 3.43. The Hall–Kier alpha value is -2.60. The molecule has 5 nitrogen and oxygen atoms in total. The Morgan fingerprint density at radius 1 is 1.12 bits per heavy atom. The zero-order chi connectivity index (χ0) is 18.0. The van der Waals surface area contributed by atoms with E-state index in [1.807, 2.05) is 37.3 Å². The highest BCUT2D eigenvalue weighted by molar-refractivity contribution is 9.10. The molecule has 2 aromatic carbocycles. The minimum Gasteiger partial charge on any atom is -0.493 e. The van der Waals surface area contributed by atoms with Crippen molar-refractivity contribution in [2.24, 2.45) is 4.99 Å². The zero-order valence-corrected chi connectivity index (χ0v) is 15.6. The lowest BCUT2D eigenvalue weighted by Gasteiger charge is -2.10. The molecule has 0 spiro atoms. The first-order chi connectivity index (χ1) is 12.0. The second kappa shape index (κ2) is 7.11. The molecular weight excluding hydrogens is 386 g/mol. The lowest BCUT2D eigenvalue weighted by molar-refractivity contribution is -0.129. The molecule has 25 heavy (non-hydrogen) atoms. The van der Waals surface area contributed by atoms with E-state index in [2.05, 4.69) is 20.9 Å². The summed E-state index contributed by atoms with van der Waals surface area (Å²) in [5.41, 5.74) is 2.86. The lowest BCUT2D eigenvalue weighted by atomic mass is 10.1. The minimum absolute atomic E-state index is 0.231. The van der Waals surface area contributed by atoms with Crippen LogP contribution in [-0.4, -0.2) is 26.1 Å². The normalized spacial score (nSPS) is 15.1. The molecule has 0 fully saturated rings. The molecule has 1 aliphatic heterocycles. The van der Waals surface area contributed by atoms with Crippen molar-refractivity contribution in [1.29, 1.82) is 0 Å². The van der Waals surface area contributed by atoms with E-state index in [0.29, 0.717) is 17.4 Å². The van der Waals surface area contributed by atoms with Crippen LogP contribution in [0.1, 0.15) is 16.7 Å². The average molecular weight is 402 g/mol. The van der Waals surface area contributed by atoms with Crippen LogP contribution in [0, 0.1) is 6.92 Å². The number of carbonyl (C=O) groups is 1. The van der Waals surface area contributed by atoms with Gasteiger partial charge in [0.2, 0.25) is 5.90 Å². The number of hydrogen-bond acceptors (Lipinski definition) is 5. The Balaban J connectivity index is 1.97. The van der Waals surface area contributed by atoms with Crippen molar-refractivity contribution in [1.82, 2.24) is 0 Å². The van der Waals surface area contributed by atoms with Gasteiger partial charge in [-0.15, -0.1) is 0 Å². The fourth-order valence-corrected chi connectivity index (χ4v) is 3.03. The standard InChI is InChI=1S/C19H16BrNO4/c1-11-4-6-13(7-5-11)18-21-15(19(22)25-18)9-12-8-14(20)17(24-3)16(10-12)23-2/h4-10H,1-3H3/b15-9-. The van der Waals surface area contributed by atoms with Crippen LogP contribution >= 0.6 is 15.9 Å². The lowest BCUT2D eigenvalue weighted by Crippen LogP contribution is -2.05. The van der Waals surface area contributed by atoms with Crippen molar-refractivity contribution in [2.45, 2.75) is 6.92 Å². The summed E-state index contributed by atoms with van der Waals surface area (Å²) in [5, 5.41) is 0. The summed E-state index contributed by atoms with van der Waals surface area (Å²) in [6, 6.07) is 11.2. The van der Waals surface area contributed by atoms with Gasteiger partial charge in [-0.1, -0.05) is 17.7 Å². The van der Waals surface area contributed by atoms with Crippen LogP contribution in [0.25, 0.3) is 6.08 Å². The largest absolute Gasteiger partial charge is 0.493 e. The van der Waals surface area contributed by atoms with Gasteiger partial charge in [0.15, 0.2) is 17.2 Å². The number of esters is 1. The highest BCUT2D eigenvalue weighted by Crippen LogP contribution is 2.37. The Labute approximate surface area is 154 Å². The van der Waals surface area contributed by atoms with Crippen molar-refractivity contribution in [3.63, 3.8) is 0 Å². The van der Waals surface area contributed by atoms with Gasteiger partial charge in [0, 0.05) is 5.56 Å². The second-order valence-corrected chi connectivity index (χ2v) is 6.29. The molecule has 0 unspecified atom stereocenters. The van der Waals surface area contributed by atoms with E-state index in [4.69, 9.17) is 14.2 Å². The van der Waals surface area contributed by atoms with E-state index in [1.165, 1.54) is 0 Å². The first-order valence-electron chi connectivity index (χ1n) is 7.53. The van der Waals surface area contributed by atoms with Gasteiger partial charge >= 0.3 is 5.97 Å². The molecule has 1 aliphatic rings. The van der Waals surface area contributed by atoms with E-state index in [-0.39, 0.29) is 5.70 Å². The van der Waals surface area contributed by atoms with Gasteiger partial charge in [-0.3, -0.25) is 0 Å². The van der Waals surface area contributed by atoms with Crippen molar-refractivity contribution in [2.75, 3.05) is 14.2 Å². The number of ether oxygens (including phenoxy) is 3. The molecule has 128 valence electrons. The summed E-state index contributed by atoms with van der Waals surface area (Å²) in [6.07, 6.45) is 1.65. The molecule has 2 aromatic rings. The SMILES string of the molecule is COc1cc(/C=C2\N=C(c3ccc(C)cc3)OC2=O)cc(Br)c1OC. The number of aliphatic imine (C=N–C) groups is 1. The maximum Gasteiger partial charge on any atom is 0.363 e. The molecule has 0 amide bonds. The summed E-state index contributed by atoms with van der Waals surface area (Å²) < 4.78 is 16.6. The third-order valence-corrected chi connectivity index (χ3v) is 4.27. The number of carbonyl (C=O) groups excluding carboxylic acids is 1. The number of benzene rings is 2. The van der Waals surface area contributed by atoms with Crippen LogP contribution in [0.15, 0.2) is 51.6 Å². The van der Waals surface area contributed by atoms with E-state index in [9.17, 15) is 4.79 Å². The highest BCUT2D eigenvalue weighted by Gasteiger charge is 2.24. The Kier molecular flexibility index (Phi) is 4.90. The molecule has 0 N–H and O–H groups in total. The topological polar surface area (TPSA) is 57.1 Å². The van der Waals surface area contributed by atoms with Gasteiger partial charge in [-0.25, -0.2) is 9.79 Å². The molecule has 0 saturated carbocycles. The molecule has 1 heterocycles. The number of cyclic esters (lactones) is 1. The van der Waals surface area contributed by atoms with Crippen LogP contribution in [0.5, 0.6) is 11.5 Å². The van der Waals surface area contributed by atoms with Gasteiger partial charge in [-0.2, -0.15) is 0 Å². The highest BCUT2D eigenvalue weighted by atomic mass is 79.9. The predicted molar refractivity (Wildman–Crippen MR) is 99.0 cm³/mol. The molecule has 6 heteroatoms. The van der Waals surface area contributed by atoms with Crippen molar-refractivity contribution in [3.8, 4) is 11.5 Å². The van der Waals surface area contributed by atoms with Crippen molar-refractivity contribution in [3.05, 3.63) is 63.3 Å². The fraction of sp³-hybridized carbons (Fsp3) is 0.158. The van der Waals surface area contributed by atoms with Crippen LogP contribution in [0.3, 0.4) is 0 Å². The van der Waals surface area contributed by atoms with Crippen LogP contribution in [-0.2, 0) is 9.53 Å². The number of hydrogen-bond donors (Lipinski definition) is 0. The summed E-state index contributed by atoms with van der Waals surface area (Å²) in [6.45, 7) is 1.99. The first-order valence-corrected chi connectivity index (χ1v) is 8.32. The van der Waals surface area contributed by atoms with Crippen LogP contribution in [0.4, 0.5) is 0 Å². The third kappa shape index (κ3) is 3.58. The van der Waals surface area contributed by atoms with Gasteiger partial charge < -0.3 is 14.2 Å². The number of halogens is 1. The smallest absolute Gasteiger partial charge is 0.363 e. The van der Waals surface area contributed by atoms with Crippen LogP contribution < -0.4 is 9.47 Å². The molecule has 0 aromatic heterocycles.